The lowest BCUT2D eigenvalue weighted by molar-refractivity contribution is 0.491. The van der Waals surface area contributed by atoms with Crippen LogP contribution in [0.25, 0.3) is 0 Å². The molecule has 0 atom stereocenters. The predicted octanol–water partition coefficient (Wildman–Crippen LogP) is 2.51. The Morgan fingerprint density at radius 3 is 2.73 bits per heavy atom. The van der Waals surface area contributed by atoms with Crippen LogP contribution in [0.3, 0.4) is 0 Å². The summed E-state index contributed by atoms with van der Waals surface area (Å²) >= 11 is 5.74. The molecular weight excluding hydrogens is 212 g/mol. The lowest BCUT2D eigenvalue weighted by Gasteiger charge is -2.11. The summed E-state index contributed by atoms with van der Waals surface area (Å²) in [4.78, 5) is 15.8. The number of rotatable bonds is 4. The first-order valence-corrected chi connectivity index (χ1v) is 5.68. The number of hydrogen-bond donors (Lipinski definition) is 0. The van der Waals surface area contributed by atoms with Gasteiger partial charge in [-0.15, -0.1) is 0 Å². The number of aromatic nitrogens is 2. The second kappa shape index (κ2) is 5.31. The van der Waals surface area contributed by atoms with E-state index in [2.05, 4.69) is 18.8 Å². The molecule has 0 N–H and O–H groups in total. The first-order chi connectivity index (χ1) is 7.04. The Hall–Kier alpha value is -0.830. The Bertz CT molecular complexity index is 385. The molecule has 3 nitrogen and oxygen atoms in total. The van der Waals surface area contributed by atoms with Crippen molar-refractivity contribution in [3.8, 4) is 0 Å². The van der Waals surface area contributed by atoms with Crippen molar-refractivity contribution in [2.75, 3.05) is 0 Å². The minimum Gasteiger partial charge on any atom is -0.297 e. The van der Waals surface area contributed by atoms with Crippen LogP contribution in [0.15, 0.2) is 10.9 Å². The van der Waals surface area contributed by atoms with Crippen molar-refractivity contribution in [2.45, 2.75) is 40.2 Å². The molecule has 0 aromatic carbocycles. The molecule has 0 bridgehead atoms. The van der Waals surface area contributed by atoms with Crippen molar-refractivity contribution in [1.82, 2.24) is 9.55 Å². The lowest BCUT2D eigenvalue weighted by Crippen LogP contribution is -2.24. The fraction of sp³-hybridized carbons (Fsp3) is 0.636. The monoisotopic (exact) mass is 228 g/mol. The summed E-state index contributed by atoms with van der Waals surface area (Å²) in [5.74, 6) is 1.35. The molecule has 4 heteroatoms. The van der Waals surface area contributed by atoms with Crippen LogP contribution in [-0.2, 0) is 13.0 Å². The Morgan fingerprint density at radius 1 is 1.53 bits per heavy atom. The van der Waals surface area contributed by atoms with E-state index >= 15 is 0 Å². The molecule has 1 rings (SSSR count). The SMILES string of the molecule is CCc1nc(Cl)cc(=O)n1CCC(C)C. The fourth-order valence-corrected chi connectivity index (χ4v) is 1.61. The van der Waals surface area contributed by atoms with Crippen LogP contribution in [0.2, 0.25) is 5.15 Å². The van der Waals surface area contributed by atoms with E-state index in [1.807, 2.05) is 6.92 Å². The van der Waals surface area contributed by atoms with E-state index in [0.29, 0.717) is 5.92 Å². The lowest BCUT2D eigenvalue weighted by atomic mass is 10.1. The third-order valence-corrected chi connectivity index (χ3v) is 2.50. The molecule has 0 spiro atoms. The van der Waals surface area contributed by atoms with E-state index < -0.39 is 0 Å². The largest absolute Gasteiger partial charge is 0.297 e. The van der Waals surface area contributed by atoms with E-state index in [9.17, 15) is 4.79 Å². The fourth-order valence-electron chi connectivity index (χ4n) is 1.42. The van der Waals surface area contributed by atoms with Gasteiger partial charge in [-0.1, -0.05) is 32.4 Å². The number of nitrogens with zero attached hydrogens (tertiary/aromatic N) is 2. The molecule has 0 saturated heterocycles. The standard InChI is InChI=1S/C11H17ClN2O/c1-4-10-13-9(12)7-11(15)14(10)6-5-8(2)3/h7-8H,4-6H2,1-3H3. The summed E-state index contributed by atoms with van der Waals surface area (Å²) < 4.78 is 1.71. The molecule has 15 heavy (non-hydrogen) atoms. The normalized spacial score (nSPS) is 11.0. The van der Waals surface area contributed by atoms with Crippen molar-refractivity contribution in [2.24, 2.45) is 5.92 Å². The van der Waals surface area contributed by atoms with Crippen molar-refractivity contribution >= 4 is 11.6 Å². The Kier molecular flexibility index (Phi) is 4.33. The molecule has 0 aliphatic carbocycles. The average Bonchev–Trinajstić information content (AvgIpc) is 2.14. The van der Waals surface area contributed by atoms with Gasteiger partial charge in [0.25, 0.3) is 5.56 Å². The highest BCUT2D eigenvalue weighted by atomic mass is 35.5. The van der Waals surface area contributed by atoms with Gasteiger partial charge < -0.3 is 0 Å². The van der Waals surface area contributed by atoms with Crippen molar-refractivity contribution < 1.29 is 0 Å². The minimum absolute atomic E-state index is 0.0486. The quantitative estimate of drug-likeness (QED) is 0.743. The molecule has 1 aromatic heterocycles. The van der Waals surface area contributed by atoms with Crippen LogP contribution in [0.5, 0.6) is 0 Å². The zero-order valence-corrected chi connectivity index (χ0v) is 10.2. The molecule has 0 aliphatic rings. The molecule has 1 heterocycles. The van der Waals surface area contributed by atoms with Gasteiger partial charge in [-0.25, -0.2) is 4.98 Å². The molecule has 0 saturated carbocycles. The Balaban J connectivity index is 2.99. The van der Waals surface area contributed by atoms with Crippen molar-refractivity contribution in [3.63, 3.8) is 0 Å². The van der Waals surface area contributed by atoms with E-state index in [1.165, 1.54) is 6.07 Å². The third kappa shape index (κ3) is 3.34. The summed E-state index contributed by atoms with van der Waals surface area (Å²) in [5.41, 5.74) is -0.0486. The van der Waals surface area contributed by atoms with E-state index in [-0.39, 0.29) is 10.7 Å². The maximum absolute atomic E-state index is 11.7. The minimum atomic E-state index is -0.0486. The van der Waals surface area contributed by atoms with E-state index in [0.717, 1.165) is 25.2 Å². The number of aryl methyl sites for hydroxylation is 1. The van der Waals surface area contributed by atoms with Gasteiger partial charge in [0.1, 0.15) is 11.0 Å². The topological polar surface area (TPSA) is 34.9 Å². The van der Waals surface area contributed by atoms with Gasteiger partial charge in [-0.3, -0.25) is 9.36 Å². The van der Waals surface area contributed by atoms with Gasteiger partial charge in [0.2, 0.25) is 0 Å². The molecule has 1 aromatic rings. The Labute approximate surface area is 95.1 Å². The zero-order valence-electron chi connectivity index (χ0n) is 9.46. The average molecular weight is 229 g/mol. The van der Waals surface area contributed by atoms with Gasteiger partial charge in [-0.2, -0.15) is 0 Å². The summed E-state index contributed by atoms with van der Waals surface area (Å²) in [5, 5.41) is 0.289. The molecule has 0 fully saturated rings. The molecule has 0 radical (unpaired) electrons. The second-order valence-corrected chi connectivity index (χ2v) is 4.41. The smallest absolute Gasteiger partial charge is 0.254 e. The van der Waals surface area contributed by atoms with Crippen LogP contribution in [0.4, 0.5) is 0 Å². The molecule has 0 unspecified atom stereocenters. The Morgan fingerprint density at radius 2 is 2.20 bits per heavy atom. The van der Waals surface area contributed by atoms with Gasteiger partial charge >= 0.3 is 0 Å². The molecule has 0 aliphatic heterocycles. The summed E-state index contributed by atoms with van der Waals surface area (Å²) in [6.07, 6.45) is 1.71. The summed E-state index contributed by atoms with van der Waals surface area (Å²) in [6.45, 7) is 6.98. The highest BCUT2D eigenvalue weighted by molar-refractivity contribution is 6.29. The van der Waals surface area contributed by atoms with Crippen LogP contribution < -0.4 is 5.56 Å². The molecular formula is C11H17ClN2O. The van der Waals surface area contributed by atoms with Crippen LogP contribution in [0, 0.1) is 5.92 Å². The first-order valence-electron chi connectivity index (χ1n) is 5.30. The van der Waals surface area contributed by atoms with Gasteiger partial charge in [0.05, 0.1) is 0 Å². The molecule has 0 amide bonds. The second-order valence-electron chi connectivity index (χ2n) is 4.02. The van der Waals surface area contributed by atoms with Gasteiger partial charge in [0, 0.05) is 19.0 Å². The van der Waals surface area contributed by atoms with E-state index in [4.69, 9.17) is 11.6 Å². The van der Waals surface area contributed by atoms with Crippen molar-refractivity contribution in [1.29, 1.82) is 0 Å². The highest BCUT2D eigenvalue weighted by Crippen LogP contribution is 2.06. The molecule has 84 valence electrons. The number of halogens is 1. The zero-order chi connectivity index (χ0) is 11.4. The maximum Gasteiger partial charge on any atom is 0.254 e. The van der Waals surface area contributed by atoms with Crippen molar-refractivity contribution in [3.05, 3.63) is 27.4 Å². The predicted molar refractivity (Wildman–Crippen MR) is 62.3 cm³/mol. The van der Waals surface area contributed by atoms with Gasteiger partial charge in [-0.05, 0) is 12.3 Å². The highest BCUT2D eigenvalue weighted by Gasteiger charge is 2.06. The summed E-state index contributed by atoms with van der Waals surface area (Å²) in [6, 6.07) is 1.38. The maximum atomic E-state index is 11.7. The summed E-state index contributed by atoms with van der Waals surface area (Å²) in [7, 11) is 0. The van der Waals surface area contributed by atoms with Crippen LogP contribution >= 0.6 is 11.6 Å². The van der Waals surface area contributed by atoms with Gasteiger partial charge in [0.15, 0.2) is 0 Å². The third-order valence-electron chi connectivity index (χ3n) is 2.30. The first kappa shape index (κ1) is 12.2. The van der Waals surface area contributed by atoms with E-state index in [1.54, 1.807) is 4.57 Å². The number of hydrogen-bond acceptors (Lipinski definition) is 2. The van der Waals surface area contributed by atoms with Crippen LogP contribution in [0.1, 0.15) is 33.0 Å². The van der Waals surface area contributed by atoms with Crippen LogP contribution in [-0.4, -0.2) is 9.55 Å².